The van der Waals surface area contributed by atoms with Crippen LogP contribution in [0.1, 0.15) is 36.4 Å². The number of benzene rings is 2. The van der Waals surface area contributed by atoms with Gasteiger partial charge in [0.2, 0.25) is 11.8 Å². The van der Waals surface area contributed by atoms with Gasteiger partial charge in [0, 0.05) is 25.7 Å². The molecule has 4 atom stereocenters. The topological polar surface area (TPSA) is 93.7 Å². The summed E-state index contributed by atoms with van der Waals surface area (Å²) >= 11 is 0. The summed E-state index contributed by atoms with van der Waals surface area (Å²) in [4.78, 5) is 32.2. The van der Waals surface area contributed by atoms with Crippen LogP contribution in [0.2, 0.25) is 0 Å². The SMILES string of the molecule is N#C[C@@H]1CCCN1C(=O)[C@@H](N)CN1CC2C[C@@H]1C(=O)N2C1c2ccccc2-c2ccccc21. The first-order valence-electron chi connectivity index (χ1n) is 11.8. The zero-order valence-electron chi connectivity index (χ0n) is 18.4. The van der Waals surface area contributed by atoms with E-state index in [1.807, 2.05) is 24.3 Å². The van der Waals surface area contributed by atoms with Crippen molar-refractivity contribution in [3.63, 3.8) is 0 Å². The summed E-state index contributed by atoms with van der Waals surface area (Å²) in [6, 6.07) is 17.6. The largest absolute Gasteiger partial charge is 0.326 e. The molecule has 33 heavy (non-hydrogen) atoms. The van der Waals surface area contributed by atoms with Gasteiger partial charge in [0.1, 0.15) is 6.04 Å². The van der Waals surface area contributed by atoms with Crippen molar-refractivity contribution in [2.45, 2.75) is 49.5 Å². The Morgan fingerprint density at radius 3 is 2.42 bits per heavy atom. The number of likely N-dealkylation sites (tertiary alicyclic amines) is 3. The lowest BCUT2D eigenvalue weighted by Gasteiger charge is -2.39. The van der Waals surface area contributed by atoms with E-state index in [0.717, 1.165) is 19.4 Å². The molecule has 7 nitrogen and oxygen atoms in total. The van der Waals surface area contributed by atoms with Gasteiger partial charge in [-0.15, -0.1) is 0 Å². The Kier molecular flexibility index (Phi) is 4.75. The molecule has 1 aliphatic carbocycles. The van der Waals surface area contributed by atoms with Crippen molar-refractivity contribution < 1.29 is 9.59 Å². The zero-order chi connectivity index (χ0) is 22.7. The first-order valence-corrected chi connectivity index (χ1v) is 11.8. The van der Waals surface area contributed by atoms with Gasteiger partial charge >= 0.3 is 0 Å². The third-order valence-electron chi connectivity index (χ3n) is 7.83. The second-order valence-electron chi connectivity index (χ2n) is 9.61. The van der Waals surface area contributed by atoms with Crippen molar-refractivity contribution in [1.82, 2.24) is 14.7 Å². The summed E-state index contributed by atoms with van der Waals surface area (Å²) < 4.78 is 0. The third-order valence-corrected chi connectivity index (χ3v) is 7.83. The molecule has 0 saturated carbocycles. The second-order valence-corrected chi connectivity index (χ2v) is 9.61. The van der Waals surface area contributed by atoms with Crippen LogP contribution in [-0.2, 0) is 9.59 Å². The van der Waals surface area contributed by atoms with Crippen LogP contribution in [-0.4, -0.2) is 70.3 Å². The molecule has 4 aliphatic rings. The van der Waals surface area contributed by atoms with Gasteiger partial charge in [-0.05, 0) is 41.5 Å². The van der Waals surface area contributed by atoms with Gasteiger partial charge in [0.25, 0.3) is 0 Å². The molecule has 2 aromatic rings. The number of nitrogens with zero attached hydrogens (tertiary/aromatic N) is 4. The Hall–Kier alpha value is -3.21. The third kappa shape index (κ3) is 3.01. The smallest absolute Gasteiger partial charge is 0.241 e. The number of fused-ring (bicyclic) bond motifs is 5. The standard InChI is InChI=1S/C26H27N5O2/c27-13-16-6-5-11-30(16)25(32)22(28)15-29-14-17-12-23(29)26(33)31(17)24-20-9-3-1-7-18(20)19-8-2-4-10-21(19)24/h1-4,7-10,16-17,22-24H,5-6,11-12,14-15,28H2/t16-,17?,22-,23+/m0/s1. The quantitative estimate of drug-likeness (QED) is 0.782. The van der Waals surface area contributed by atoms with Gasteiger partial charge < -0.3 is 15.5 Å². The molecule has 168 valence electrons. The molecule has 2 amide bonds. The van der Waals surface area contributed by atoms with Gasteiger partial charge in [0.05, 0.1) is 24.2 Å². The Bertz CT molecular complexity index is 1130. The number of nitrogens with two attached hydrogens (primary N) is 1. The van der Waals surface area contributed by atoms with Crippen LogP contribution in [0, 0.1) is 11.3 Å². The number of hydrogen-bond donors (Lipinski definition) is 1. The van der Waals surface area contributed by atoms with Gasteiger partial charge in [-0.3, -0.25) is 14.5 Å². The molecule has 2 bridgehead atoms. The maximum absolute atomic E-state index is 13.6. The van der Waals surface area contributed by atoms with Crippen molar-refractivity contribution in [1.29, 1.82) is 5.26 Å². The number of carbonyl (C=O) groups excluding carboxylic acids is 2. The molecule has 3 saturated heterocycles. The summed E-state index contributed by atoms with van der Waals surface area (Å²) in [5, 5.41) is 9.30. The Labute approximate surface area is 193 Å². The molecular formula is C26H27N5O2. The normalized spacial score (nSPS) is 27.0. The van der Waals surface area contributed by atoms with Crippen LogP contribution in [0.4, 0.5) is 0 Å². The molecule has 7 heteroatoms. The van der Waals surface area contributed by atoms with Crippen molar-refractivity contribution in [3.05, 3.63) is 59.7 Å². The summed E-state index contributed by atoms with van der Waals surface area (Å²) in [6.45, 7) is 1.66. The molecule has 3 aliphatic heterocycles. The second kappa shape index (κ2) is 7.68. The number of piperazine rings is 1. The molecule has 0 aromatic heterocycles. The predicted octanol–water partition coefficient (Wildman–Crippen LogP) is 1.88. The number of nitriles is 1. The maximum atomic E-state index is 13.6. The lowest BCUT2D eigenvalue weighted by atomic mass is 10.0. The van der Waals surface area contributed by atoms with E-state index in [1.165, 1.54) is 22.3 Å². The van der Waals surface area contributed by atoms with E-state index in [2.05, 4.69) is 40.1 Å². The van der Waals surface area contributed by atoms with Gasteiger partial charge in [-0.1, -0.05) is 48.5 Å². The number of amides is 2. The van der Waals surface area contributed by atoms with E-state index < -0.39 is 6.04 Å². The van der Waals surface area contributed by atoms with E-state index >= 15 is 0 Å². The average Bonchev–Trinajstić information content (AvgIpc) is 3.60. The summed E-state index contributed by atoms with van der Waals surface area (Å²) in [5.74, 6) is -0.0525. The van der Waals surface area contributed by atoms with E-state index in [1.54, 1.807) is 4.90 Å². The highest BCUT2D eigenvalue weighted by Crippen LogP contribution is 2.50. The zero-order valence-corrected chi connectivity index (χ0v) is 18.4. The van der Waals surface area contributed by atoms with Crippen molar-refractivity contribution in [2.24, 2.45) is 5.73 Å². The van der Waals surface area contributed by atoms with E-state index in [4.69, 9.17) is 5.73 Å². The molecular weight excluding hydrogens is 414 g/mol. The van der Waals surface area contributed by atoms with Crippen LogP contribution >= 0.6 is 0 Å². The van der Waals surface area contributed by atoms with Crippen LogP contribution in [0.3, 0.4) is 0 Å². The Morgan fingerprint density at radius 2 is 1.79 bits per heavy atom. The highest BCUT2D eigenvalue weighted by molar-refractivity contribution is 5.89. The van der Waals surface area contributed by atoms with E-state index in [-0.39, 0.29) is 36.0 Å². The van der Waals surface area contributed by atoms with Crippen LogP contribution in [0.5, 0.6) is 0 Å². The average molecular weight is 442 g/mol. The van der Waals surface area contributed by atoms with Crippen molar-refractivity contribution in [2.75, 3.05) is 19.6 Å². The number of rotatable bonds is 4. The van der Waals surface area contributed by atoms with Crippen LogP contribution in [0.15, 0.2) is 48.5 Å². The predicted molar refractivity (Wildman–Crippen MR) is 123 cm³/mol. The van der Waals surface area contributed by atoms with Crippen molar-refractivity contribution >= 4 is 11.8 Å². The number of hydrogen-bond acceptors (Lipinski definition) is 5. The summed E-state index contributed by atoms with van der Waals surface area (Å²) in [5.41, 5.74) is 11.1. The van der Waals surface area contributed by atoms with E-state index in [0.29, 0.717) is 19.5 Å². The first-order chi connectivity index (χ1) is 16.1. The highest BCUT2D eigenvalue weighted by atomic mass is 16.2. The molecule has 3 fully saturated rings. The molecule has 6 rings (SSSR count). The molecule has 3 heterocycles. The van der Waals surface area contributed by atoms with Gasteiger partial charge in [-0.25, -0.2) is 0 Å². The maximum Gasteiger partial charge on any atom is 0.241 e. The van der Waals surface area contributed by atoms with Gasteiger partial charge in [-0.2, -0.15) is 5.26 Å². The molecule has 1 unspecified atom stereocenters. The summed E-state index contributed by atoms with van der Waals surface area (Å²) in [6.07, 6.45) is 2.31. The molecule has 2 N–H and O–H groups in total. The summed E-state index contributed by atoms with van der Waals surface area (Å²) in [7, 11) is 0. The lowest BCUT2D eigenvalue weighted by molar-refractivity contribution is -0.140. The molecule has 0 radical (unpaired) electrons. The fraction of sp³-hybridized carbons (Fsp3) is 0.423. The fourth-order valence-electron chi connectivity index (χ4n) is 6.37. The minimum absolute atomic E-state index is 0.0571. The highest BCUT2D eigenvalue weighted by Gasteiger charge is 2.54. The Morgan fingerprint density at radius 1 is 1.12 bits per heavy atom. The van der Waals surface area contributed by atoms with Crippen LogP contribution < -0.4 is 5.73 Å². The first kappa shape index (κ1) is 20.4. The minimum atomic E-state index is -0.715. The van der Waals surface area contributed by atoms with Crippen molar-refractivity contribution in [3.8, 4) is 17.2 Å². The fourth-order valence-corrected chi connectivity index (χ4v) is 6.37. The lowest BCUT2D eigenvalue weighted by Crippen LogP contribution is -2.56. The number of carbonyl (C=O) groups is 2. The molecule has 2 aromatic carbocycles. The van der Waals surface area contributed by atoms with Crippen LogP contribution in [0.25, 0.3) is 11.1 Å². The molecule has 0 spiro atoms. The minimum Gasteiger partial charge on any atom is -0.326 e. The van der Waals surface area contributed by atoms with Gasteiger partial charge in [0.15, 0.2) is 0 Å². The Balaban J connectivity index is 1.21. The van der Waals surface area contributed by atoms with E-state index in [9.17, 15) is 14.9 Å². The monoisotopic (exact) mass is 441 g/mol.